The lowest BCUT2D eigenvalue weighted by Gasteiger charge is -2.20. The van der Waals surface area contributed by atoms with Gasteiger partial charge in [-0.05, 0) is 40.2 Å². The van der Waals surface area contributed by atoms with E-state index in [1.54, 1.807) is 13.1 Å². The van der Waals surface area contributed by atoms with Crippen LogP contribution in [0.2, 0.25) is 0 Å². The van der Waals surface area contributed by atoms with Crippen molar-refractivity contribution in [1.29, 1.82) is 0 Å². The van der Waals surface area contributed by atoms with Gasteiger partial charge in [-0.2, -0.15) is 0 Å². The van der Waals surface area contributed by atoms with Crippen molar-refractivity contribution >= 4 is 26.0 Å². The largest absolute Gasteiger partial charge is 0.316 e. The molecule has 0 amide bonds. The van der Waals surface area contributed by atoms with Crippen LogP contribution < -0.4 is 10.0 Å². The molecule has 1 aromatic carbocycles. The van der Waals surface area contributed by atoms with E-state index >= 15 is 0 Å². The van der Waals surface area contributed by atoms with Gasteiger partial charge in [-0.25, -0.2) is 17.5 Å². The summed E-state index contributed by atoms with van der Waals surface area (Å²) in [4.78, 5) is 1.54. The summed E-state index contributed by atoms with van der Waals surface area (Å²) in [5, 5.41) is 2.81. The smallest absolute Gasteiger partial charge is 0.243 e. The SMILES string of the molecule is CNCc1cc(Br)cc(S(=O)(=O)NCC(C)N(C)C)c1F. The van der Waals surface area contributed by atoms with Gasteiger partial charge in [0.25, 0.3) is 0 Å². The molecule has 0 aliphatic rings. The van der Waals surface area contributed by atoms with E-state index in [1.165, 1.54) is 6.07 Å². The second-order valence-corrected chi connectivity index (χ2v) is 7.72. The van der Waals surface area contributed by atoms with E-state index < -0.39 is 15.8 Å². The minimum absolute atomic E-state index is 0.00627. The van der Waals surface area contributed by atoms with Gasteiger partial charge in [0.1, 0.15) is 10.7 Å². The Morgan fingerprint density at radius 3 is 2.52 bits per heavy atom. The van der Waals surface area contributed by atoms with E-state index in [-0.39, 0.29) is 24.0 Å². The van der Waals surface area contributed by atoms with Gasteiger partial charge in [0.2, 0.25) is 10.0 Å². The van der Waals surface area contributed by atoms with Crippen LogP contribution in [0.4, 0.5) is 4.39 Å². The number of hydrogen-bond acceptors (Lipinski definition) is 4. The van der Waals surface area contributed by atoms with Crippen molar-refractivity contribution < 1.29 is 12.8 Å². The van der Waals surface area contributed by atoms with Crippen LogP contribution in [-0.4, -0.2) is 47.0 Å². The summed E-state index contributed by atoms with van der Waals surface area (Å²) in [5.41, 5.74) is 0.299. The van der Waals surface area contributed by atoms with E-state index in [1.807, 2.05) is 25.9 Å². The topological polar surface area (TPSA) is 61.4 Å². The zero-order chi connectivity index (χ0) is 16.2. The third-order valence-electron chi connectivity index (χ3n) is 3.19. The van der Waals surface area contributed by atoms with Crippen LogP contribution in [0.5, 0.6) is 0 Å². The molecule has 0 heterocycles. The van der Waals surface area contributed by atoms with Gasteiger partial charge in [-0.1, -0.05) is 15.9 Å². The van der Waals surface area contributed by atoms with Gasteiger partial charge in [0.05, 0.1) is 0 Å². The summed E-state index contributed by atoms with van der Waals surface area (Å²) in [6, 6.07) is 2.84. The molecule has 0 saturated heterocycles. The third kappa shape index (κ3) is 5.00. The Morgan fingerprint density at radius 1 is 1.38 bits per heavy atom. The zero-order valence-corrected chi connectivity index (χ0v) is 15.0. The minimum Gasteiger partial charge on any atom is -0.316 e. The maximum absolute atomic E-state index is 14.3. The molecule has 21 heavy (non-hydrogen) atoms. The molecule has 2 N–H and O–H groups in total. The van der Waals surface area contributed by atoms with Crippen LogP contribution >= 0.6 is 15.9 Å². The summed E-state index contributed by atoms with van der Waals surface area (Å²) in [6.45, 7) is 2.34. The number of benzene rings is 1. The molecule has 1 unspecified atom stereocenters. The van der Waals surface area contributed by atoms with Gasteiger partial charge < -0.3 is 10.2 Å². The first kappa shape index (κ1) is 18.5. The summed E-state index contributed by atoms with van der Waals surface area (Å²) >= 11 is 3.22. The fourth-order valence-corrected chi connectivity index (χ4v) is 3.55. The van der Waals surface area contributed by atoms with Gasteiger partial charge in [-0.15, -0.1) is 0 Å². The fraction of sp³-hybridized carbons (Fsp3) is 0.538. The molecule has 1 atom stereocenters. The Kier molecular flexibility index (Phi) is 6.73. The first-order valence-electron chi connectivity index (χ1n) is 6.47. The Labute approximate surface area is 134 Å². The summed E-state index contributed by atoms with van der Waals surface area (Å²) < 4.78 is 41.8. The average molecular weight is 382 g/mol. The Balaban J connectivity index is 3.08. The summed E-state index contributed by atoms with van der Waals surface area (Å²) in [7, 11) is 1.48. The van der Waals surface area contributed by atoms with Crippen LogP contribution in [0.3, 0.4) is 0 Å². The fourth-order valence-electron chi connectivity index (χ4n) is 1.62. The molecular formula is C13H21BrFN3O2S. The van der Waals surface area contributed by atoms with Crippen LogP contribution in [0.1, 0.15) is 12.5 Å². The van der Waals surface area contributed by atoms with Gasteiger partial charge >= 0.3 is 0 Å². The van der Waals surface area contributed by atoms with Crippen LogP contribution in [0, 0.1) is 5.82 Å². The predicted octanol–water partition coefficient (Wildman–Crippen LogP) is 1.54. The van der Waals surface area contributed by atoms with Crippen molar-refractivity contribution in [2.75, 3.05) is 27.7 Å². The van der Waals surface area contributed by atoms with Crippen molar-refractivity contribution in [2.24, 2.45) is 0 Å². The number of likely N-dealkylation sites (N-methyl/N-ethyl adjacent to an activating group) is 1. The summed E-state index contributed by atoms with van der Waals surface area (Å²) in [5.74, 6) is -0.724. The van der Waals surface area contributed by atoms with Crippen molar-refractivity contribution in [3.8, 4) is 0 Å². The molecule has 0 aromatic heterocycles. The van der Waals surface area contributed by atoms with E-state index in [0.717, 1.165) is 0 Å². The lowest BCUT2D eigenvalue weighted by atomic mass is 10.2. The van der Waals surface area contributed by atoms with Gasteiger partial charge in [-0.3, -0.25) is 0 Å². The number of halogens is 2. The molecule has 5 nitrogen and oxygen atoms in total. The Morgan fingerprint density at radius 2 is 2.00 bits per heavy atom. The molecule has 0 aliphatic carbocycles. The first-order valence-corrected chi connectivity index (χ1v) is 8.75. The number of nitrogens with one attached hydrogen (secondary N) is 2. The second kappa shape index (κ2) is 7.64. The monoisotopic (exact) mass is 381 g/mol. The van der Waals surface area contributed by atoms with Crippen molar-refractivity contribution in [2.45, 2.75) is 24.4 Å². The molecule has 1 aromatic rings. The highest BCUT2D eigenvalue weighted by Gasteiger charge is 2.23. The number of rotatable bonds is 7. The van der Waals surface area contributed by atoms with Crippen molar-refractivity contribution in [3.05, 3.63) is 28.0 Å². The van der Waals surface area contributed by atoms with E-state index in [2.05, 4.69) is 26.0 Å². The average Bonchev–Trinajstić information content (AvgIpc) is 2.39. The highest BCUT2D eigenvalue weighted by atomic mass is 79.9. The van der Waals surface area contributed by atoms with Crippen LogP contribution in [0.15, 0.2) is 21.5 Å². The third-order valence-corrected chi connectivity index (χ3v) is 5.07. The molecule has 120 valence electrons. The zero-order valence-electron chi connectivity index (χ0n) is 12.6. The molecule has 8 heteroatoms. The van der Waals surface area contributed by atoms with E-state index in [0.29, 0.717) is 10.0 Å². The Bertz CT molecular complexity index is 593. The van der Waals surface area contributed by atoms with Crippen LogP contribution in [0.25, 0.3) is 0 Å². The molecule has 0 saturated carbocycles. The quantitative estimate of drug-likeness (QED) is 0.751. The molecule has 0 radical (unpaired) electrons. The van der Waals surface area contributed by atoms with E-state index in [4.69, 9.17) is 0 Å². The Hall–Kier alpha value is -0.540. The molecule has 0 bridgehead atoms. The minimum atomic E-state index is -3.89. The maximum Gasteiger partial charge on any atom is 0.243 e. The lowest BCUT2D eigenvalue weighted by Crippen LogP contribution is -2.38. The first-order chi connectivity index (χ1) is 9.69. The molecule has 0 spiro atoms. The standard InChI is InChI=1S/C13H21BrFN3O2S/c1-9(18(3)4)7-17-21(19,20)12-6-11(14)5-10(8-16-2)13(12)15/h5-6,9,16-17H,7-8H2,1-4H3. The highest BCUT2D eigenvalue weighted by Crippen LogP contribution is 2.24. The number of sulfonamides is 1. The molecule has 0 fully saturated rings. The maximum atomic E-state index is 14.3. The van der Waals surface area contributed by atoms with Crippen molar-refractivity contribution in [3.63, 3.8) is 0 Å². The molecule has 0 aliphatic heterocycles. The van der Waals surface area contributed by atoms with Crippen molar-refractivity contribution in [1.82, 2.24) is 14.9 Å². The highest BCUT2D eigenvalue weighted by molar-refractivity contribution is 9.10. The normalized spacial score (nSPS) is 13.7. The molecular weight excluding hydrogens is 361 g/mol. The summed E-state index contributed by atoms with van der Waals surface area (Å²) in [6.07, 6.45) is 0. The second-order valence-electron chi connectivity index (χ2n) is 5.07. The number of hydrogen-bond donors (Lipinski definition) is 2. The number of nitrogens with zero attached hydrogens (tertiary/aromatic N) is 1. The van der Waals surface area contributed by atoms with Gasteiger partial charge in [0.15, 0.2) is 0 Å². The van der Waals surface area contributed by atoms with E-state index in [9.17, 15) is 12.8 Å². The van der Waals surface area contributed by atoms with Crippen LogP contribution in [-0.2, 0) is 16.6 Å². The van der Waals surface area contributed by atoms with Gasteiger partial charge in [0, 0.05) is 29.2 Å². The predicted molar refractivity (Wildman–Crippen MR) is 85.2 cm³/mol. The lowest BCUT2D eigenvalue weighted by molar-refractivity contribution is 0.313. The molecule has 1 rings (SSSR count).